The van der Waals surface area contributed by atoms with Crippen LogP contribution in [0, 0.1) is 13.8 Å². The Kier molecular flexibility index (Phi) is 7.20. The fourth-order valence-electron chi connectivity index (χ4n) is 4.28. The van der Waals surface area contributed by atoms with Crippen molar-refractivity contribution in [3.63, 3.8) is 0 Å². The summed E-state index contributed by atoms with van der Waals surface area (Å²) in [6.07, 6.45) is 0.405. The maximum Gasteiger partial charge on any atom is 0.238 e. The molecule has 4 rings (SSSR count). The van der Waals surface area contributed by atoms with Gasteiger partial charge in [-0.15, -0.1) is 0 Å². The summed E-state index contributed by atoms with van der Waals surface area (Å²) < 4.78 is 0. The molecule has 0 atom stereocenters. The van der Waals surface area contributed by atoms with E-state index in [4.69, 9.17) is 0 Å². The monoisotopic (exact) mass is 441 g/mol. The fourth-order valence-corrected chi connectivity index (χ4v) is 4.28. The summed E-state index contributed by atoms with van der Waals surface area (Å²) in [5, 5.41) is 3.05. The number of hydrogen-bond donors (Lipinski definition) is 1. The van der Waals surface area contributed by atoms with Gasteiger partial charge in [-0.25, -0.2) is 0 Å². The summed E-state index contributed by atoms with van der Waals surface area (Å²) in [7, 11) is 0. The molecule has 0 spiro atoms. The zero-order chi connectivity index (χ0) is 23.2. The first-order valence-electron chi connectivity index (χ1n) is 11.5. The highest BCUT2D eigenvalue weighted by atomic mass is 16.2. The van der Waals surface area contributed by atoms with Gasteiger partial charge in [0, 0.05) is 31.9 Å². The van der Waals surface area contributed by atoms with Crippen LogP contribution in [-0.4, -0.2) is 54.3 Å². The maximum atomic E-state index is 12.8. The summed E-state index contributed by atoms with van der Waals surface area (Å²) in [6.45, 7) is 7.06. The third-order valence-corrected chi connectivity index (χ3v) is 6.25. The molecule has 1 aliphatic rings. The quantitative estimate of drug-likeness (QED) is 0.621. The van der Waals surface area contributed by atoms with Crippen molar-refractivity contribution in [2.75, 3.05) is 38.0 Å². The van der Waals surface area contributed by atoms with Gasteiger partial charge in [0.2, 0.25) is 11.8 Å². The van der Waals surface area contributed by atoms with E-state index in [0.717, 1.165) is 27.9 Å². The van der Waals surface area contributed by atoms with Gasteiger partial charge in [-0.1, -0.05) is 72.8 Å². The summed E-state index contributed by atoms with van der Waals surface area (Å²) in [5.41, 5.74) is 6.38. The molecular weight excluding hydrogens is 410 g/mol. The molecule has 2 amide bonds. The van der Waals surface area contributed by atoms with Gasteiger partial charge in [-0.05, 0) is 41.7 Å². The van der Waals surface area contributed by atoms with Gasteiger partial charge in [-0.3, -0.25) is 14.5 Å². The van der Waals surface area contributed by atoms with E-state index in [1.165, 1.54) is 5.56 Å². The minimum atomic E-state index is -0.00863. The Balaban J connectivity index is 1.25. The van der Waals surface area contributed by atoms with E-state index < -0.39 is 0 Å². The molecule has 1 fully saturated rings. The number of nitrogens with one attached hydrogen (secondary N) is 1. The van der Waals surface area contributed by atoms with E-state index in [0.29, 0.717) is 39.1 Å². The average molecular weight is 442 g/mol. The first-order chi connectivity index (χ1) is 16.0. The van der Waals surface area contributed by atoms with Crippen LogP contribution in [0.4, 0.5) is 5.69 Å². The highest BCUT2D eigenvalue weighted by Crippen LogP contribution is 2.21. The number of anilines is 1. The Morgan fingerprint density at radius 3 is 2.00 bits per heavy atom. The normalized spacial score (nSPS) is 14.2. The van der Waals surface area contributed by atoms with Crippen LogP contribution < -0.4 is 5.32 Å². The molecule has 0 unspecified atom stereocenters. The number of amides is 2. The molecule has 0 radical (unpaired) electrons. The number of rotatable bonds is 6. The lowest BCUT2D eigenvalue weighted by Gasteiger charge is -2.34. The summed E-state index contributed by atoms with van der Waals surface area (Å²) in [6, 6.07) is 24.5. The smallest absolute Gasteiger partial charge is 0.238 e. The fraction of sp³-hybridized carbons (Fsp3) is 0.286. The number of hydrogen-bond acceptors (Lipinski definition) is 3. The lowest BCUT2D eigenvalue weighted by molar-refractivity contribution is -0.132. The first kappa shape index (κ1) is 22.7. The molecule has 0 aliphatic carbocycles. The molecule has 1 heterocycles. The number of nitrogens with zero attached hydrogens (tertiary/aromatic N) is 2. The predicted molar refractivity (Wildman–Crippen MR) is 133 cm³/mol. The standard InChI is InChI=1S/C28H31N3O2/c1-21-7-6-8-22(2)28(21)29-26(32)20-30-15-17-31(18-16-30)27(33)19-23-11-13-25(14-12-23)24-9-4-3-5-10-24/h3-14H,15-20H2,1-2H3,(H,29,32). The minimum absolute atomic E-state index is 0.00863. The Morgan fingerprint density at radius 2 is 1.36 bits per heavy atom. The van der Waals surface area contributed by atoms with Crippen molar-refractivity contribution in [3.8, 4) is 11.1 Å². The number of benzene rings is 3. The van der Waals surface area contributed by atoms with Crippen molar-refractivity contribution < 1.29 is 9.59 Å². The SMILES string of the molecule is Cc1cccc(C)c1NC(=O)CN1CCN(C(=O)Cc2ccc(-c3ccccc3)cc2)CC1. The van der Waals surface area contributed by atoms with Gasteiger partial charge < -0.3 is 10.2 Å². The van der Waals surface area contributed by atoms with E-state index in [1.54, 1.807) is 0 Å². The topological polar surface area (TPSA) is 52.7 Å². The molecule has 1 aliphatic heterocycles. The Morgan fingerprint density at radius 1 is 0.758 bits per heavy atom. The molecule has 1 N–H and O–H groups in total. The van der Waals surface area contributed by atoms with Crippen LogP contribution in [0.15, 0.2) is 72.8 Å². The van der Waals surface area contributed by atoms with Crippen molar-refractivity contribution in [2.24, 2.45) is 0 Å². The molecule has 3 aromatic carbocycles. The number of para-hydroxylation sites is 1. The van der Waals surface area contributed by atoms with Crippen molar-refractivity contribution in [1.29, 1.82) is 0 Å². The van der Waals surface area contributed by atoms with Crippen molar-refractivity contribution >= 4 is 17.5 Å². The third-order valence-electron chi connectivity index (χ3n) is 6.25. The summed E-state index contributed by atoms with van der Waals surface area (Å²) >= 11 is 0. The first-order valence-corrected chi connectivity index (χ1v) is 11.5. The lowest BCUT2D eigenvalue weighted by atomic mass is 10.0. The van der Waals surface area contributed by atoms with Crippen LogP contribution in [-0.2, 0) is 16.0 Å². The second-order valence-electron chi connectivity index (χ2n) is 8.71. The molecule has 0 bridgehead atoms. The molecule has 3 aromatic rings. The summed E-state index contributed by atoms with van der Waals surface area (Å²) in [5.74, 6) is 0.132. The number of carbonyl (C=O) groups is 2. The zero-order valence-corrected chi connectivity index (χ0v) is 19.4. The Labute approximate surface area is 196 Å². The van der Waals surface area contributed by atoms with Crippen LogP contribution in [0.25, 0.3) is 11.1 Å². The van der Waals surface area contributed by atoms with Crippen LogP contribution in [0.2, 0.25) is 0 Å². The Bertz CT molecular complexity index is 1080. The number of aryl methyl sites for hydroxylation is 2. The molecule has 0 aromatic heterocycles. The highest BCUT2D eigenvalue weighted by Gasteiger charge is 2.22. The predicted octanol–water partition coefficient (Wildman–Crippen LogP) is 4.30. The minimum Gasteiger partial charge on any atom is -0.340 e. The van der Waals surface area contributed by atoms with Gasteiger partial charge in [-0.2, -0.15) is 0 Å². The average Bonchev–Trinajstić information content (AvgIpc) is 2.83. The Hall–Kier alpha value is -3.44. The molecule has 170 valence electrons. The second-order valence-corrected chi connectivity index (χ2v) is 8.71. The van der Waals surface area contributed by atoms with E-state index in [-0.39, 0.29) is 11.8 Å². The van der Waals surface area contributed by atoms with Crippen LogP contribution in [0.1, 0.15) is 16.7 Å². The second kappa shape index (κ2) is 10.5. The molecule has 1 saturated heterocycles. The zero-order valence-electron chi connectivity index (χ0n) is 19.4. The molecule has 5 heteroatoms. The molecule has 5 nitrogen and oxygen atoms in total. The van der Waals surface area contributed by atoms with Crippen molar-refractivity contribution in [1.82, 2.24) is 9.80 Å². The third kappa shape index (κ3) is 5.88. The van der Waals surface area contributed by atoms with Crippen LogP contribution in [0.5, 0.6) is 0 Å². The van der Waals surface area contributed by atoms with Gasteiger partial charge >= 0.3 is 0 Å². The number of piperazine rings is 1. The van der Waals surface area contributed by atoms with Gasteiger partial charge in [0.25, 0.3) is 0 Å². The van der Waals surface area contributed by atoms with Crippen LogP contribution in [0.3, 0.4) is 0 Å². The van der Waals surface area contributed by atoms with Gasteiger partial charge in [0.1, 0.15) is 0 Å². The molecule has 33 heavy (non-hydrogen) atoms. The van der Waals surface area contributed by atoms with Crippen molar-refractivity contribution in [3.05, 3.63) is 89.5 Å². The van der Waals surface area contributed by atoms with Crippen molar-refractivity contribution in [2.45, 2.75) is 20.3 Å². The van der Waals surface area contributed by atoms with Gasteiger partial charge in [0.05, 0.1) is 13.0 Å². The summed E-state index contributed by atoms with van der Waals surface area (Å²) in [4.78, 5) is 29.4. The van der Waals surface area contributed by atoms with E-state index in [2.05, 4.69) is 34.5 Å². The van der Waals surface area contributed by atoms with E-state index >= 15 is 0 Å². The molecule has 0 saturated carbocycles. The van der Waals surface area contributed by atoms with Gasteiger partial charge in [0.15, 0.2) is 0 Å². The van der Waals surface area contributed by atoms with Crippen LogP contribution >= 0.6 is 0 Å². The highest BCUT2D eigenvalue weighted by molar-refractivity contribution is 5.93. The number of carbonyl (C=O) groups excluding carboxylic acids is 2. The lowest BCUT2D eigenvalue weighted by Crippen LogP contribution is -2.50. The van der Waals surface area contributed by atoms with E-state index in [1.807, 2.05) is 67.3 Å². The molecular formula is C28H31N3O2. The van der Waals surface area contributed by atoms with E-state index in [9.17, 15) is 9.59 Å². The maximum absolute atomic E-state index is 12.8. The largest absolute Gasteiger partial charge is 0.340 e.